The lowest BCUT2D eigenvalue weighted by atomic mass is 9.92. The number of hydrogen-bond acceptors (Lipinski definition) is 4. The molecule has 5 heterocycles. The summed E-state index contributed by atoms with van der Waals surface area (Å²) in [5.41, 5.74) is 14.5. The van der Waals surface area contributed by atoms with Gasteiger partial charge in [0.15, 0.2) is 5.82 Å². The Morgan fingerprint density at radius 2 is 0.636 bits per heavy atom. The Labute approximate surface area is 514 Å². The quantitative estimate of drug-likeness (QED) is 0.156. The maximum absolute atomic E-state index is 5.12. The van der Waals surface area contributed by atoms with E-state index in [-0.39, 0.29) is 0 Å². The first-order chi connectivity index (χ1) is 43.6. The molecule has 6 heteroatoms. The van der Waals surface area contributed by atoms with Gasteiger partial charge in [-0.15, -0.1) is 22.7 Å². The fraction of sp³-hybridized carbons (Fsp3) is 0. The average Bonchev–Trinajstić information content (AvgIpc) is 1.81. The molecule has 0 fully saturated rings. The molecule has 19 aromatic rings. The van der Waals surface area contributed by atoms with Crippen LogP contribution in [0, 0.1) is 0 Å². The van der Waals surface area contributed by atoms with Crippen molar-refractivity contribution in [1.29, 1.82) is 0 Å². The van der Waals surface area contributed by atoms with Crippen LogP contribution in [0.25, 0.3) is 173 Å². The van der Waals surface area contributed by atoms with Crippen LogP contribution < -0.4 is 0 Å². The third kappa shape index (κ3) is 8.04. The Balaban J connectivity index is 0.000000132. The largest absolute Gasteiger partial charge is 0.309 e. The van der Waals surface area contributed by atoms with Crippen LogP contribution in [0.15, 0.2) is 303 Å². The molecule has 0 saturated heterocycles. The molecule has 0 spiro atoms. The molecular formula is C82H50N4S2. The first-order valence-electron chi connectivity index (χ1n) is 29.9. The van der Waals surface area contributed by atoms with Gasteiger partial charge in [-0.25, -0.2) is 9.97 Å². The van der Waals surface area contributed by atoms with E-state index in [1.54, 1.807) is 0 Å². The van der Waals surface area contributed by atoms with Crippen LogP contribution in [0.2, 0.25) is 0 Å². The minimum atomic E-state index is 0.712. The average molecular weight is 1160 g/mol. The van der Waals surface area contributed by atoms with Crippen molar-refractivity contribution in [2.75, 3.05) is 0 Å². The number of hydrogen-bond donors (Lipinski definition) is 0. The van der Waals surface area contributed by atoms with Crippen LogP contribution in [0.1, 0.15) is 0 Å². The van der Waals surface area contributed by atoms with Crippen LogP contribution in [-0.2, 0) is 0 Å². The predicted molar refractivity (Wildman–Crippen MR) is 377 cm³/mol. The second-order valence-electron chi connectivity index (χ2n) is 22.7. The number of benzene rings is 14. The fourth-order valence-corrected chi connectivity index (χ4v) is 16.3. The van der Waals surface area contributed by atoms with E-state index in [1.807, 2.05) is 34.8 Å². The lowest BCUT2D eigenvalue weighted by Gasteiger charge is -2.13. The second-order valence-corrected chi connectivity index (χ2v) is 24.8. The molecule has 0 radical (unpaired) electrons. The van der Waals surface area contributed by atoms with Crippen molar-refractivity contribution in [1.82, 2.24) is 19.1 Å². The first-order valence-corrected chi connectivity index (χ1v) is 31.5. The Morgan fingerprint density at radius 1 is 0.227 bits per heavy atom. The highest BCUT2D eigenvalue weighted by atomic mass is 32.1. The molecule has 0 aliphatic carbocycles. The van der Waals surface area contributed by atoms with Crippen molar-refractivity contribution in [3.8, 4) is 56.4 Å². The van der Waals surface area contributed by atoms with Crippen LogP contribution in [-0.4, -0.2) is 19.1 Å². The molecule has 4 nitrogen and oxygen atoms in total. The monoisotopic (exact) mass is 1150 g/mol. The molecule has 0 bridgehead atoms. The van der Waals surface area contributed by atoms with Crippen LogP contribution in [0.3, 0.4) is 0 Å². The van der Waals surface area contributed by atoms with Gasteiger partial charge >= 0.3 is 0 Å². The van der Waals surface area contributed by atoms with E-state index in [0.29, 0.717) is 5.82 Å². The minimum Gasteiger partial charge on any atom is -0.309 e. The van der Waals surface area contributed by atoms with Crippen molar-refractivity contribution >= 4 is 139 Å². The van der Waals surface area contributed by atoms with Crippen molar-refractivity contribution in [3.05, 3.63) is 303 Å². The molecule has 0 amide bonds. The maximum atomic E-state index is 5.12. The summed E-state index contributed by atoms with van der Waals surface area (Å²) >= 11 is 3.78. The predicted octanol–water partition coefficient (Wildman–Crippen LogP) is 23.2. The van der Waals surface area contributed by atoms with E-state index >= 15 is 0 Å². The standard InChI is InChI=1S/C42H25NS.C40H25N3S/c1-2-14-31-29(12-1)30-13-3-4-15-32(30)37-25-27(20-21-33(31)37)26-10-9-11-28(24-26)43-38-18-7-5-17-36(38)41-39(43)23-22-35-34-16-6-8-19-40(34)44-42(35)41;1-4-12-26(13-5-1)33-25-34(27-14-6-2-7-15-27)42-40(41-33)28-20-21-32-36(24-28)43(29-16-8-3-9-17-29)35-23-22-31-30-18-10-11-19-37(30)44-39(31)38(32)35/h2*1-25H. The normalized spacial score (nSPS) is 11.9. The zero-order valence-electron chi connectivity index (χ0n) is 47.5. The zero-order valence-corrected chi connectivity index (χ0v) is 49.1. The SMILES string of the molecule is c1cc(-c2ccc3c4ccccc4c4ccccc4c3c2)cc(-n2c3ccccc3c3c4sc5ccccc5c4ccc32)c1.c1ccc(-c2cc(-c3ccccc3)nc(-c3ccc4c5c6sc7ccccc7c6ccc5n(-c5ccccc5)c4c3)n2)cc1. The third-order valence-corrected chi connectivity index (χ3v) is 20.2. The summed E-state index contributed by atoms with van der Waals surface area (Å²) in [6, 6.07) is 109. The number of fused-ring (bicyclic) bond motifs is 20. The van der Waals surface area contributed by atoms with Gasteiger partial charge < -0.3 is 9.13 Å². The minimum absolute atomic E-state index is 0.712. The van der Waals surface area contributed by atoms with E-state index in [2.05, 4.69) is 300 Å². The molecule has 410 valence electrons. The first kappa shape index (κ1) is 50.3. The number of aromatic nitrogens is 4. The molecular weight excluding hydrogens is 1110 g/mol. The molecule has 5 aromatic heterocycles. The summed E-state index contributed by atoms with van der Waals surface area (Å²) in [7, 11) is 0. The molecule has 88 heavy (non-hydrogen) atoms. The van der Waals surface area contributed by atoms with Crippen LogP contribution in [0.5, 0.6) is 0 Å². The van der Waals surface area contributed by atoms with E-state index in [0.717, 1.165) is 39.3 Å². The number of para-hydroxylation sites is 2. The van der Waals surface area contributed by atoms with Gasteiger partial charge in [-0.1, -0.05) is 231 Å². The summed E-state index contributed by atoms with van der Waals surface area (Å²) in [5.74, 6) is 0.712. The van der Waals surface area contributed by atoms with Crippen molar-refractivity contribution in [2.45, 2.75) is 0 Å². The summed E-state index contributed by atoms with van der Waals surface area (Å²) in [4.78, 5) is 10.2. The van der Waals surface area contributed by atoms with Crippen LogP contribution >= 0.6 is 22.7 Å². The highest BCUT2D eigenvalue weighted by Gasteiger charge is 2.22. The number of thiophene rings is 2. The molecule has 0 saturated carbocycles. The Hall–Kier alpha value is -11.0. The summed E-state index contributed by atoms with van der Waals surface area (Å²) in [5, 5.41) is 18.3. The molecule has 0 atom stereocenters. The van der Waals surface area contributed by atoms with E-state index < -0.39 is 0 Å². The number of nitrogens with zero attached hydrogens (tertiary/aromatic N) is 4. The Morgan fingerprint density at radius 3 is 1.23 bits per heavy atom. The van der Waals surface area contributed by atoms with Gasteiger partial charge in [0.1, 0.15) is 0 Å². The molecule has 14 aromatic carbocycles. The summed E-state index contributed by atoms with van der Waals surface area (Å²) < 4.78 is 10.2. The molecule has 0 aliphatic heterocycles. The van der Waals surface area contributed by atoms with Crippen molar-refractivity contribution in [2.24, 2.45) is 0 Å². The third-order valence-electron chi connectivity index (χ3n) is 17.8. The summed E-state index contributed by atoms with van der Waals surface area (Å²) in [6.45, 7) is 0. The molecule has 0 N–H and O–H groups in total. The zero-order chi connectivity index (χ0) is 57.8. The second kappa shape index (κ2) is 20.3. The van der Waals surface area contributed by atoms with Crippen LogP contribution in [0.4, 0.5) is 0 Å². The lowest BCUT2D eigenvalue weighted by molar-refractivity contribution is 1.17. The van der Waals surface area contributed by atoms with Crippen molar-refractivity contribution in [3.63, 3.8) is 0 Å². The number of rotatable bonds is 6. The van der Waals surface area contributed by atoms with Gasteiger partial charge in [0.05, 0.1) is 33.5 Å². The van der Waals surface area contributed by atoms with Gasteiger partial charge in [-0.2, -0.15) is 0 Å². The van der Waals surface area contributed by atoms with Gasteiger partial charge in [-0.3, -0.25) is 0 Å². The van der Waals surface area contributed by atoms with Gasteiger partial charge in [0.2, 0.25) is 0 Å². The summed E-state index contributed by atoms with van der Waals surface area (Å²) in [6.07, 6.45) is 0. The van der Waals surface area contributed by atoms with Gasteiger partial charge in [0, 0.05) is 90.0 Å². The topological polar surface area (TPSA) is 35.6 Å². The van der Waals surface area contributed by atoms with Gasteiger partial charge in [-0.05, 0) is 116 Å². The lowest BCUT2D eigenvalue weighted by Crippen LogP contribution is -1.97. The Bertz CT molecular complexity index is 5900. The maximum Gasteiger partial charge on any atom is 0.160 e. The van der Waals surface area contributed by atoms with Crippen molar-refractivity contribution < 1.29 is 0 Å². The smallest absolute Gasteiger partial charge is 0.160 e. The highest BCUT2D eigenvalue weighted by Crippen LogP contribution is 2.47. The van der Waals surface area contributed by atoms with Gasteiger partial charge in [0.25, 0.3) is 0 Å². The molecule has 0 unspecified atom stereocenters. The Kier molecular flexibility index (Phi) is 11.6. The van der Waals surface area contributed by atoms with E-state index in [1.165, 1.54) is 128 Å². The highest BCUT2D eigenvalue weighted by molar-refractivity contribution is 7.27. The molecule has 19 rings (SSSR count). The molecule has 0 aliphatic rings. The van der Waals surface area contributed by atoms with E-state index in [4.69, 9.17) is 9.97 Å². The fourth-order valence-electron chi connectivity index (χ4n) is 13.8. The van der Waals surface area contributed by atoms with E-state index in [9.17, 15) is 0 Å².